The molecule has 4 N–H and O–H groups in total. The third-order valence-corrected chi connectivity index (χ3v) is 2.59. The van der Waals surface area contributed by atoms with E-state index in [2.05, 4.69) is 10.6 Å². The van der Waals surface area contributed by atoms with E-state index >= 15 is 0 Å². The molecule has 0 heterocycles. The van der Waals surface area contributed by atoms with Gasteiger partial charge in [-0.3, -0.25) is 9.59 Å². The van der Waals surface area contributed by atoms with E-state index in [1.165, 1.54) is 0 Å². The van der Waals surface area contributed by atoms with Crippen LogP contribution in [0, 0.1) is 0 Å². The van der Waals surface area contributed by atoms with E-state index in [0.717, 1.165) is 18.7 Å². The van der Waals surface area contributed by atoms with Gasteiger partial charge in [0.05, 0.1) is 13.0 Å². The number of nitrogens with one attached hydrogen (secondary N) is 2. The molecule has 118 valence electrons. The summed E-state index contributed by atoms with van der Waals surface area (Å²) < 4.78 is 5.33. The smallest absolute Gasteiger partial charge is 0.224 e. The second kappa shape index (κ2) is 10.9. The zero-order chi connectivity index (χ0) is 14.8. The van der Waals surface area contributed by atoms with Gasteiger partial charge in [0.25, 0.3) is 0 Å². The maximum atomic E-state index is 11.6. The van der Waals surface area contributed by atoms with Crippen molar-refractivity contribution < 1.29 is 14.3 Å². The summed E-state index contributed by atoms with van der Waals surface area (Å²) >= 11 is 0. The third-order valence-electron chi connectivity index (χ3n) is 2.59. The predicted octanol–water partition coefficient (Wildman–Crippen LogP) is 1.30. The highest BCUT2D eigenvalue weighted by molar-refractivity contribution is 5.90. The Balaban J connectivity index is 0.00000400. The summed E-state index contributed by atoms with van der Waals surface area (Å²) in [4.78, 5) is 22.2. The van der Waals surface area contributed by atoms with Gasteiger partial charge in [0.1, 0.15) is 5.75 Å². The molecule has 0 aliphatic rings. The number of primary amides is 1. The topological polar surface area (TPSA) is 93.4 Å². The number of rotatable bonds is 9. The van der Waals surface area contributed by atoms with Crippen molar-refractivity contribution in [3.05, 3.63) is 24.3 Å². The van der Waals surface area contributed by atoms with Crippen LogP contribution in [-0.2, 0) is 9.59 Å². The number of ether oxygens (including phenoxy) is 1. The molecule has 0 atom stereocenters. The van der Waals surface area contributed by atoms with Crippen molar-refractivity contribution in [3.63, 3.8) is 0 Å². The van der Waals surface area contributed by atoms with Crippen molar-refractivity contribution in [2.24, 2.45) is 5.73 Å². The van der Waals surface area contributed by atoms with Gasteiger partial charge in [-0.15, -0.1) is 12.4 Å². The van der Waals surface area contributed by atoms with Gasteiger partial charge in [-0.05, 0) is 44.3 Å². The fraction of sp³-hybridized carbons (Fsp3) is 0.429. The van der Waals surface area contributed by atoms with Gasteiger partial charge in [-0.2, -0.15) is 0 Å². The molecular formula is C14H22ClN3O3. The highest BCUT2D eigenvalue weighted by Crippen LogP contribution is 2.16. The normalized spacial score (nSPS) is 9.57. The molecule has 0 saturated heterocycles. The lowest BCUT2D eigenvalue weighted by Crippen LogP contribution is -2.15. The van der Waals surface area contributed by atoms with Gasteiger partial charge in [0, 0.05) is 12.1 Å². The lowest BCUT2D eigenvalue weighted by Gasteiger charge is -2.07. The van der Waals surface area contributed by atoms with Crippen LogP contribution < -0.4 is 21.1 Å². The molecule has 0 unspecified atom stereocenters. The first-order valence-electron chi connectivity index (χ1n) is 6.57. The second-order valence-corrected chi connectivity index (χ2v) is 4.34. The van der Waals surface area contributed by atoms with Crippen LogP contribution in [0.5, 0.6) is 5.75 Å². The lowest BCUT2D eigenvalue weighted by molar-refractivity contribution is -0.118. The second-order valence-electron chi connectivity index (χ2n) is 4.34. The summed E-state index contributed by atoms with van der Waals surface area (Å²) in [6.07, 6.45) is 1.47. The van der Waals surface area contributed by atoms with Gasteiger partial charge in [0.2, 0.25) is 11.8 Å². The molecule has 0 saturated carbocycles. The number of hydrogen-bond acceptors (Lipinski definition) is 4. The van der Waals surface area contributed by atoms with E-state index in [9.17, 15) is 9.59 Å². The SMILES string of the molecule is CNCCCC(=O)Nc1ccc(OCCC(N)=O)cc1.Cl. The number of benzene rings is 1. The zero-order valence-electron chi connectivity index (χ0n) is 12.1. The summed E-state index contributed by atoms with van der Waals surface area (Å²) in [5.41, 5.74) is 5.74. The van der Waals surface area contributed by atoms with E-state index in [4.69, 9.17) is 10.5 Å². The molecule has 21 heavy (non-hydrogen) atoms. The number of halogens is 1. The summed E-state index contributed by atoms with van der Waals surface area (Å²) in [5, 5.41) is 5.80. The number of anilines is 1. The number of carbonyl (C=O) groups is 2. The Labute approximate surface area is 130 Å². The Bertz CT molecular complexity index is 438. The Kier molecular flexibility index (Phi) is 10.0. The van der Waals surface area contributed by atoms with Gasteiger partial charge < -0.3 is 21.1 Å². The predicted molar refractivity (Wildman–Crippen MR) is 84.8 cm³/mol. The van der Waals surface area contributed by atoms with Crippen molar-refractivity contribution in [2.75, 3.05) is 25.5 Å². The summed E-state index contributed by atoms with van der Waals surface area (Å²) in [6, 6.07) is 7.00. The van der Waals surface area contributed by atoms with E-state index < -0.39 is 5.91 Å². The quantitative estimate of drug-likeness (QED) is 0.599. The molecule has 7 heteroatoms. The average molecular weight is 316 g/mol. The molecule has 1 aromatic rings. The van der Waals surface area contributed by atoms with Crippen molar-refractivity contribution in [2.45, 2.75) is 19.3 Å². The van der Waals surface area contributed by atoms with Crippen LogP contribution in [-0.4, -0.2) is 32.0 Å². The minimum atomic E-state index is -0.393. The fourth-order valence-corrected chi connectivity index (χ4v) is 1.55. The van der Waals surface area contributed by atoms with Gasteiger partial charge in [-0.1, -0.05) is 0 Å². The van der Waals surface area contributed by atoms with E-state index in [0.29, 0.717) is 12.2 Å². The molecular weight excluding hydrogens is 294 g/mol. The highest BCUT2D eigenvalue weighted by atomic mass is 35.5. The molecule has 1 rings (SSSR count). The molecule has 0 aliphatic carbocycles. The summed E-state index contributed by atoms with van der Waals surface area (Å²) in [6.45, 7) is 1.07. The third kappa shape index (κ3) is 8.88. The maximum absolute atomic E-state index is 11.6. The molecule has 6 nitrogen and oxygen atoms in total. The van der Waals surface area contributed by atoms with Crippen molar-refractivity contribution in [3.8, 4) is 5.75 Å². The monoisotopic (exact) mass is 315 g/mol. The maximum Gasteiger partial charge on any atom is 0.224 e. The number of hydrogen-bond donors (Lipinski definition) is 3. The Morgan fingerprint density at radius 1 is 1.19 bits per heavy atom. The van der Waals surface area contributed by atoms with Crippen molar-refractivity contribution >= 4 is 29.9 Å². The largest absolute Gasteiger partial charge is 0.493 e. The first-order chi connectivity index (χ1) is 9.61. The Hall–Kier alpha value is -1.79. The fourth-order valence-electron chi connectivity index (χ4n) is 1.55. The Morgan fingerprint density at radius 2 is 1.86 bits per heavy atom. The molecule has 2 amide bonds. The van der Waals surface area contributed by atoms with Crippen LogP contribution in [0.1, 0.15) is 19.3 Å². The molecule has 0 fully saturated rings. The molecule has 0 aliphatic heterocycles. The number of amides is 2. The van der Waals surface area contributed by atoms with Crippen LogP contribution in [0.25, 0.3) is 0 Å². The van der Waals surface area contributed by atoms with Gasteiger partial charge in [0.15, 0.2) is 0 Å². The first kappa shape index (κ1) is 19.2. The first-order valence-corrected chi connectivity index (χ1v) is 6.57. The summed E-state index contributed by atoms with van der Waals surface area (Å²) in [5.74, 6) is 0.234. The van der Waals surface area contributed by atoms with Crippen LogP contribution in [0.2, 0.25) is 0 Å². The van der Waals surface area contributed by atoms with Crippen molar-refractivity contribution in [1.82, 2.24) is 5.32 Å². The standard InChI is InChI=1S/C14H21N3O3.ClH/c1-16-9-2-3-14(19)17-11-4-6-12(7-5-11)20-10-8-13(15)18;/h4-7,16H,2-3,8-10H2,1H3,(H2,15,18)(H,17,19);1H. The minimum Gasteiger partial charge on any atom is -0.493 e. The molecule has 1 aromatic carbocycles. The van der Waals surface area contributed by atoms with E-state index in [1.54, 1.807) is 24.3 Å². The summed E-state index contributed by atoms with van der Waals surface area (Å²) in [7, 11) is 1.86. The Morgan fingerprint density at radius 3 is 2.43 bits per heavy atom. The number of carbonyl (C=O) groups excluding carboxylic acids is 2. The van der Waals surface area contributed by atoms with Crippen LogP contribution in [0.15, 0.2) is 24.3 Å². The molecule has 0 spiro atoms. The van der Waals surface area contributed by atoms with E-state index in [-0.39, 0.29) is 31.3 Å². The number of nitrogens with two attached hydrogens (primary N) is 1. The molecule has 0 radical (unpaired) electrons. The van der Waals surface area contributed by atoms with Gasteiger partial charge >= 0.3 is 0 Å². The molecule has 0 aromatic heterocycles. The highest BCUT2D eigenvalue weighted by Gasteiger charge is 2.02. The van der Waals surface area contributed by atoms with Crippen LogP contribution in [0.3, 0.4) is 0 Å². The van der Waals surface area contributed by atoms with Crippen LogP contribution in [0.4, 0.5) is 5.69 Å². The van der Waals surface area contributed by atoms with E-state index in [1.807, 2.05) is 7.05 Å². The molecule has 0 bridgehead atoms. The minimum absolute atomic E-state index is 0. The zero-order valence-corrected chi connectivity index (χ0v) is 12.9. The van der Waals surface area contributed by atoms with Gasteiger partial charge in [-0.25, -0.2) is 0 Å². The van der Waals surface area contributed by atoms with Crippen LogP contribution >= 0.6 is 12.4 Å². The van der Waals surface area contributed by atoms with Crippen molar-refractivity contribution in [1.29, 1.82) is 0 Å². The average Bonchev–Trinajstić information content (AvgIpc) is 2.41. The lowest BCUT2D eigenvalue weighted by atomic mass is 10.2.